The van der Waals surface area contributed by atoms with E-state index in [0.717, 1.165) is 24.8 Å². The van der Waals surface area contributed by atoms with E-state index in [9.17, 15) is 8.78 Å². The standard InChI is InChI=1S/C20H22F2O/c1-3-5-15-6-8-16(9-7-15)19(21)20(22)17-10-12-18(13-11-17)23-14-4-2/h6-13H,3-5,14H2,1-2H3. The Morgan fingerprint density at radius 2 is 1.30 bits per heavy atom. The summed E-state index contributed by atoms with van der Waals surface area (Å²) in [5.41, 5.74) is 1.60. The second kappa shape index (κ2) is 8.47. The van der Waals surface area contributed by atoms with Gasteiger partial charge < -0.3 is 4.74 Å². The molecule has 0 fully saturated rings. The predicted octanol–water partition coefficient (Wildman–Crippen LogP) is 6.19. The van der Waals surface area contributed by atoms with Gasteiger partial charge in [-0.1, -0.05) is 44.5 Å². The molecule has 3 heteroatoms. The van der Waals surface area contributed by atoms with Gasteiger partial charge in [-0.15, -0.1) is 0 Å². The van der Waals surface area contributed by atoms with Crippen molar-refractivity contribution in [3.63, 3.8) is 0 Å². The number of benzene rings is 2. The molecular formula is C20H22F2O. The Morgan fingerprint density at radius 3 is 1.78 bits per heavy atom. The zero-order chi connectivity index (χ0) is 16.7. The number of ether oxygens (including phenoxy) is 1. The highest BCUT2D eigenvalue weighted by Crippen LogP contribution is 2.30. The fourth-order valence-electron chi connectivity index (χ4n) is 2.28. The highest BCUT2D eigenvalue weighted by atomic mass is 19.2. The summed E-state index contributed by atoms with van der Waals surface area (Å²) < 4.78 is 34.1. The summed E-state index contributed by atoms with van der Waals surface area (Å²) in [5, 5.41) is 0. The monoisotopic (exact) mass is 316 g/mol. The molecule has 0 amide bonds. The smallest absolute Gasteiger partial charge is 0.166 e. The van der Waals surface area contributed by atoms with Gasteiger partial charge in [0, 0.05) is 11.1 Å². The zero-order valence-corrected chi connectivity index (χ0v) is 13.6. The van der Waals surface area contributed by atoms with Gasteiger partial charge in [-0.2, -0.15) is 0 Å². The van der Waals surface area contributed by atoms with Crippen LogP contribution < -0.4 is 4.74 Å². The summed E-state index contributed by atoms with van der Waals surface area (Å²) in [6.07, 6.45) is 2.87. The third-order valence-electron chi connectivity index (χ3n) is 3.52. The first-order valence-electron chi connectivity index (χ1n) is 8.03. The van der Waals surface area contributed by atoms with Crippen molar-refractivity contribution in [3.05, 3.63) is 65.2 Å². The lowest BCUT2D eigenvalue weighted by atomic mass is 10.1. The SMILES string of the molecule is CCCOc1ccc(C(F)=C(F)c2ccc(CCC)cc2)cc1. The molecular weight excluding hydrogens is 294 g/mol. The maximum absolute atomic E-state index is 14.3. The van der Waals surface area contributed by atoms with Gasteiger partial charge in [-0.25, -0.2) is 8.78 Å². The Morgan fingerprint density at radius 1 is 0.783 bits per heavy atom. The van der Waals surface area contributed by atoms with Crippen molar-refractivity contribution >= 4 is 11.7 Å². The predicted molar refractivity (Wildman–Crippen MR) is 91.7 cm³/mol. The number of hydrogen-bond donors (Lipinski definition) is 0. The van der Waals surface area contributed by atoms with Crippen molar-refractivity contribution in [1.29, 1.82) is 0 Å². The van der Waals surface area contributed by atoms with E-state index in [1.807, 2.05) is 19.1 Å². The van der Waals surface area contributed by atoms with Gasteiger partial charge >= 0.3 is 0 Å². The Labute approximate surface area is 136 Å². The van der Waals surface area contributed by atoms with Crippen LogP contribution in [-0.2, 0) is 6.42 Å². The molecule has 0 unspecified atom stereocenters. The molecule has 23 heavy (non-hydrogen) atoms. The molecule has 0 heterocycles. The second-order valence-electron chi connectivity index (χ2n) is 5.45. The first-order chi connectivity index (χ1) is 11.2. The van der Waals surface area contributed by atoms with Crippen molar-refractivity contribution in [2.24, 2.45) is 0 Å². The lowest BCUT2D eigenvalue weighted by Gasteiger charge is -2.06. The van der Waals surface area contributed by atoms with E-state index < -0.39 is 11.7 Å². The van der Waals surface area contributed by atoms with E-state index in [1.54, 1.807) is 24.3 Å². The van der Waals surface area contributed by atoms with Gasteiger partial charge in [0.25, 0.3) is 0 Å². The molecule has 0 atom stereocenters. The van der Waals surface area contributed by atoms with Crippen LogP contribution in [0.15, 0.2) is 48.5 Å². The third kappa shape index (κ3) is 4.65. The molecule has 0 radical (unpaired) electrons. The molecule has 2 rings (SSSR count). The Bertz CT molecular complexity index is 642. The van der Waals surface area contributed by atoms with Gasteiger partial charge in [-0.05, 0) is 42.7 Å². The van der Waals surface area contributed by atoms with Gasteiger partial charge in [-0.3, -0.25) is 0 Å². The molecule has 1 nitrogen and oxygen atoms in total. The molecule has 122 valence electrons. The molecule has 0 saturated carbocycles. The summed E-state index contributed by atoms with van der Waals surface area (Å²) in [4.78, 5) is 0. The van der Waals surface area contributed by atoms with Crippen LogP contribution in [0.5, 0.6) is 5.75 Å². The van der Waals surface area contributed by atoms with Crippen LogP contribution in [0.25, 0.3) is 11.7 Å². The quantitative estimate of drug-likeness (QED) is 0.553. The maximum Gasteiger partial charge on any atom is 0.166 e. The highest BCUT2D eigenvalue weighted by Gasteiger charge is 2.11. The topological polar surface area (TPSA) is 9.23 Å². The lowest BCUT2D eigenvalue weighted by molar-refractivity contribution is 0.317. The van der Waals surface area contributed by atoms with E-state index in [2.05, 4.69) is 6.92 Å². The van der Waals surface area contributed by atoms with Gasteiger partial charge in [0.05, 0.1) is 6.61 Å². The number of hydrogen-bond acceptors (Lipinski definition) is 1. The van der Waals surface area contributed by atoms with E-state index in [1.165, 1.54) is 12.1 Å². The van der Waals surface area contributed by atoms with E-state index in [0.29, 0.717) is 12.4 Å². The molecule has 0 aromatic heterocycles. The van der Waals surface area contributed by atoms with Gasteiger partial charge in [0.1, 0.15) is 5.75 Å². The summed E-state index contributed by atoms with van der Waals surface area (Å²) in [7, 11) is 0. The van der Waals surface area contributed by atoms with Crippen molar-refractivity contribution in [2.75, 3.05) is 6.61 Å². The van der Waals surface area contributed by atoms with Crippen LogP contribution in [0.4, 0.5) is 8.78 Å². The van der Waals surface area contributed by atoms with Crippen LogP contribution in [0.2, 0.25) is 0 Å². The second-order valence-corrected chi connectivity index (χ2v) is 5.45. The van der Waals surface area contributed by atoms with Gasteiger partial charge in [0.15, 0.2) is 11.7 Å². The molecule has 0 aliphatic rings. The lowest BCUT2D eigenvalue weighted by Crippen LogP contribution is -1.94. The Balaban J connectivity index is 2.18. The Hall–Kier alpha value is -2.16. The van der Waals surface area contributed by atoms with Crippen molar-refractivity contribution < 1.29 is 13.5 Å². The van der Waals surface area contributed by atoms with Gasteiger partial charge in [0.2, 0.25) is 0 Å². The summed E-state index contributed by atoms with van der Waals surface area (Å²) in [5.74, 6) is -1.03. The van der Waals surface area contributed by atoms with Crippen LogP contribution in [-0.4, -0.2) is 6.61 Å². The highest BCUT2D eigenvalue weighted by molar-refractivity contribution is 5.83. The summed E-state index contributed by atoms with van der Waals surface area (Å²) in [6, 6.07) is 13.3. The molecule has 2 aromatic rings. The Kier molecular flexibility index (Phi) is 6.33. The van der Waals surface area contributed by atoms with Crippen molar-refractivity contribution in [3.8, 4) is 5.75 Å². The minimum absolute atomic E-state index is 0.212. The zero-order valence-electron chi connectivity index (χ0n) is 13.6. The van der Waals surface area contributed by atoms with Crippen molar-refractivity contribution in [1.82, 2.24) is 0 Å². The third-order valence-corrected chi connectivity index (χ3v) is 3.52. The molecule has 0 spiro atoms. The average molecular weight is 316 g/mol. The van der Waals surface area contributed by atoms with Crippen LogP contribution >= 0.6 is 0 Å². The normalized spacial score (nSPS) is 12.0. The van der Waals surface area contributed by atoms with Crippen molar-refractivity contribution in [2.45, 2.75) is 33.1 Å². The molecule has 0 bridgehead atoms. The van der Waals surface area contributed by atoms with E-state index in [4.69, 9.17) is 4.74 Å². The fourth-order valence-corrected chi connectivity index (χ4v) is 2.28. The van der Waals surface area contributed by atoms with Crippen LogP contribution in [0.3, 0.4) is 0 Å². The number of aryl methyl sites for hydroxylation is 1. The summed E-state index contributed by atoms with van der Waals surface area (Å²) >= 11 is 0. The molecule has 0 aliphatic carbocycles. The molecule has 0 N–H and O–H groups in total. The van der Waals surface area contributed by atoms with E-state index in [-0.39, 0.29) is 11.1 Å². The first kappa shape index (κ1) is 17.2. The average Bonchev–Trinajstić information content (AvgIpc) is 2.60. The number of halogens is 2. The van der Waals surface area contributed by atoms with E-state index >= 15 is 0 Å². The first-order valence-corrected chi connectivity index (χ1v) is 8.03. The maximum atomic E-state index is 14.3. The molecule has 0 aliphatic heterocycles. The fraction of sp³-hybridized carbons (Fsp3) is 0.300. The molecule has 2 aromatic carbocycles. The minimum atomic E-state index is -0.852. The largest absolute Gasteiger partial charge is 0.494 e. The van der Waals surface area contributed by atoms with Crippen LogP contribution in [0.1, 0.15) is 43.4 Å². The summed E-state index contributed by atoms with van der Waals surface area (Å²) in [6.45, 7) is 4.70. The van der Waals surface area contributed by atoms with Crippen LogP contribution in [0, 0.1) is 0 Å². The molecule has 0 saturated heterocycles. The minimum Gasteiger partial charge on any atom is -0.494 e. The number of rotatable bonds is 7.